The summed E-state index contributed by atoms with van der Waals surface area (Å²) in [6.45, 7) is 10.1. The Hall–Kier alpha value is -0.440. The van der Waals surface area contributed by atoms with E-state index in [1.54, 1.807) is 0 Å². The van der Waals surface area contributed by atoms with Crippen molar-refractivity contribution in [2.75, 3.05) is 45.9 Å². The molecule has 2 N–H and O–H groups in total. The lowest BCUT2D eigenvalue weighted by atomic mass is 10.3. The highest BCUT2D eigenvalue weighted by Gasteiger charge is 2.28. The number of ether oxygens (including phenoxy) is 1. The molecule has 6 nitrogen and oxygen atoms in total. The molecule has 1 aromatic heterocycles. The van der Waals surface area contributed by atoms with Gasteiger partial charge in [0, 0.05) is 31.4 Å². The summed E-state index contributed by atoms with van der Waals surface area (Å²) in [6, 6.07) is 0. The number of hydrogen-bond donors (Lipinski definition) is 1. The quantitative estimate of drug-likeness (QED) is 0.671. The summed E-state index contributed by atoms with van der Waals surface area (Å²) < 4.78 is 5.93. The average Bonchev–Trinajstić information content (AvgIpc) is 3.21. The maximum atomic E-state index is 12.5. The number of halogens is 2. The molecule has 2 rings (SSSR count). The van der Waals surface area contributed by atoms with Crippen molar-refractivity contribution in [3.05, 3.63) is 16.1 Å². The fourth-order valence-electron chi connectivity index (χ4n) is 2.75. The number of aromatic nitrogens is 1. The molecule has 1 aliphatic rings. The largest absolute Gasteiger partial charge is 0.375 e. The maximum Gasteiger partial charge on any atom is 0.273 e. The van der Waals surface area contributed by atoms with Crippen LogP contribution in [0.15, 0.2) is 5.38 Å². The smallest absolute Gasteiger partial charge is 0.273 e. The van der Waals surface area contributed by atoms with Gasteiger partial charge in [-0.05, 0) is 26.1 Å². The van der Waals surface area contributed by atoms with Crippen LogP contribution in [0.5, 0.6) is 0 Å². The molecule has 0 spiro atoms. The topological polar surface area (TPSA) is 71.7 Å². The molecule has 2 heterocycles. The van der Waals surface area contributed by atoms with Crippen molar-refractivity contribution in [3.63, 3.8) is 0 Å². The first kappa shape index (κ1) is 24.6. The van der Waals surface area contributed by atoms with Gasteiger partial charge >= 0.3 is 0 Å². The van der Waals surface area contributed by atoms with Crippen molar-refractivity contribution in [1.82, 2.24) is 14.8 Å². The van der Waals surface area contributed by atoms with E-state index < -0.39 is 0 Å². The Morgan fingerprint density at radius 3 is 2.80 bits per heavy atom. The van der Waals surface area contributed by atoms with Gasteiger partial charge in [-0.15, -0.1) is 36.2 Å². The summed E-state index contributed by atoms with van der Waals surface area (Å²) in [4.78, 5) is 21.0. The highest BCUT2D eigenvalue weighted by Crippen LogP contribution is 2.18. The molecular formula is C16H30Cl2N4O2S. The van der Waals surface area contributed by atoms with E-state index in [0.29, 0.717) is 18.8 Å². The summed E-state index contributed by atoms with van der Waals surface area (Å²) in [7, 11) is 0. The number of carbonyl (C=O) groups excluding carboxylic acids is 1. The molecule has 1 saturated heterocycles. The second-order valence-electron chi connectivity index (χ2n) is 5.72. The Morgan fingerprint density at radius 2 is 2.16 bits per heavy atom. The van der Waals surface area contributed by atoms with Gasteiger partial charge in [-0.2, -0.15) is 0 Å². The highest BCUT2D eigenvalue weighted by molar-refractivity contribution is 7.09. The monoisotopic (exact) mass is 412 g/mol. The van der Waals surface area contributed by atoms with Crippen LogP contribution >= 0.6 is 36.2 Å². The Labute approximate surface area is 166 Å². The predicted octanol–water partition coefficient (Wildman–Crippen LogP) is 2.06. The third kappa shape index (κ3) is 7.37. The average molecular weight is 413 g/mol. The van der Waals surface area contributed by atoms with E-state index in [4.69, 9.17) is 10.5 Å². The highest BCUT2D eigenvalue weighted by atomic mass is 35.5. The van der Waals surface area contributed by atoms with E-state index in [0.717, 1.165) is 50.6 Å². The summed E-state index contributed by atoms with van der Waals surface area (Å²) >= 11 is 1.51. The summed E-state index contributed by atoms with van der Waals surface area (Å²) in [5, 5.41) is 2.77. The van der Waals surface area contributed by atoms with Gasteiger partial charge in [0.05, 0.1) is 17.7 Å². The second-order valence-corrected chi connectivity index (χ2v) is 6.67. The minimum absolute atomic E-state index is 0. The van der Waals surface area contributed by atoms with Gasteiger partial charge in [0.15, 0.2) is 0 Å². The van der Waals surface area contributed by atoms with E-state index in [-0.39, 0.29) is 36.8 Å². The Bertz CT molecular complexity index is 500. The first-order valence-corrected chi connectivity index (χ1v) is 9.33. The number of likely N-dealkylation sites (tertiary alicyclic amines) is 1. The number of likely N-dealkylation sites (N-methyl/N-ethyl adjacent to an activating group) is 1. The van der Waals surface area contributed by atoms with Gasteiger partial charge in [0.1, 0.15) is 5.69 Å². The summed E-state index contributed by atoms with van der Waals surface area (Å²) in [5.41, 5.74) is 6.07. The standard InChI is InChI=1S/C16H28N4O2S.2ClH/c1-3-19(4-2)9-10-22-13-6-8-20(11-13)16(21)14-12-23-15(18-14)5-7-17;;/h12-13H,3-11,17H2,1-2H3;2*1H. The lowest BCUT2D eigenvalue weighted by molar-refractivity contribution is 0.0419. The van der Waals surface area contributed by atoms with Crippen LogP contribution in [-0.4, -0.2) is 72.7 Å². The summed E-state index contributed by atoms with van der Waals surface area (Å²) in [6.07, 6.45) is 1.79. The molecule has 146 valence electrons. The summed E-state index contributed by atoms with van der Waals surface area (Å²) in [5.74, 6) is 0.0133. The first-order chi connectivity index (χ1) is 11.2. The van der Waals surface area contributed by atoms with E-state index in [1.807, 2.05) is 10.3 Å². The van der Waals surface area contributed by atoms with Crippen LogP contribution < -0.4 is 5.73 Å². The minimum atomic E-state index is 0. The van der Waals surface area contributed by atoms with Crippen LogP contribution in [0.25, 0.3) is 0 Å². The lowest BCUT2D eigenvalue weighted by Crippen LogP contribution is -2.32. The van der Waals surface area contributed by atoms with E-state index in [2.05, 4.69) is 23.7 Å². The number of hydrogen-bond acceptors (Lipinski definition) is 6. The number of nitrogens with two attached hydrogens (primary N) is 1. The molecule has 1 fully saturated rings. The lowest BCUT2D eigenvalue weighted by Gasteiger charge is -2.20. The molecule has 25 heavy (non-hydrogen) atoms. The van der Waals surface area contributed by atoms with E-state index in [1.165, 1.54) is 11.3 Å². The molecule has 1 atom stereocenters. The minimum Gasteiger partial charge on any atom is -0.375 e. The molecular weight excluding hydrogens is 383 g/mol. The third-order valence-electron chi connectivity index (χ3n) is 4.22. The third-order valence-corrected chi connectivity index (χ3v) is 5.13. The Kier molecular flexibility index (Phi) is 12.6. The van der Waals surface area contributed by atoms with Crippen LogP contribution in [0.2, 0.25) is 0 Å². The maximum absolute atomic E-state index is 12.5. The molecule has 0 aliphatic carbocycles. The van der Waals surface area contributed by atoms with E-state index >= 15 is 0 Å². The fourth-order valence-corrected chi connectivity index (χ4v) is 3.53. The zero-order valence-corrected chi connectivity index (χ0v) is 17.4. The van der Waals surface area contributed by atoms with Gasteiger partial charge in [0.25, 0.3) is 5.91 Å². The van der Waals surface area contributed by atoms with Crippen LogP contribution in [0, 0.1) is 0 Å². The van der Waals surface area contributed by atoms with Crippen molar-refractivity contribution < 1.29 is 9.53 Å². The Morgan fingerprint density at radius 1 is 1.44 bits per heavy atom. The van der Waals surface area contributed by atoms with Crippen molar-refractivity contribution in [3.8, 4) is 0 Å². The van der Waals surface area contributed by atoms with Crippen LogP contribution in [0.3, 0.4) is 0 Å². The van der Waals surface area contributed by atoms with Gasteiger partial charge in [-0.25, -0.2) is 4.98 Å². The number of thiazole rings is 1. The van der Waals surface area contributed by atoms with Crippen LogP contribution in [0.4, 0.5) is 0 Å². The van der Waals surface area contributed by atoms with Crippen molar-refractivity contribution in [2.45, 2.75) is 32.8 Å². The van der Waals surface area contributed by atoms with Crippen LogP contribution in [0.1, 0.15) is 35.8 Å². The molecule has 0 aromatic carbocycles. The van der Waals surface area contributed by atoms with E-state index in [9.17, 15) is 4.79 Å². The predicted molar refractivity (Wildman–Crippen MR) is 107 cm³/mol. The molecule has 0 bridgehead atoms. The SMILES string of the molecule is CCN(CC)CCOC1CCN(C(=O)c2csc(CCN)n2)C1.Cl.Cl. The molecule has 0 saturated carbocycles. The molecule has 1 unspecified atom stereocenters. The molecule has 1 aromatic rings. The molecule has 0 radical (unpaired) electrons. The normalized spacial score (nSPS) is 16.6. The second kappa shape index (κ2) is 12.8. The van der Waals surface area contributed by atoms with Gasteiger partial charge in [-0.3, -0.25) is 4.79 Å². The van der Waals surface area contributed by atoms with Crippen molar-refractivity contribution in [2.24, 2.45) is 5.73 Å². The molecule has 1 amide bonds. The van der Waals surface area contributed by atoms with Crippen LogP contribution in [-0.2, 0) is 11.2 Å². The van der Waals surface area contributed by atoms with Crippen molar-refractivity contribution >= 4 is 42.1 Å². The zero-order valence-electron chi connectivity index (χ0n) is 15.0. The number of carbonyl (C=O) groups is 1. The number of nitrogens with zero attached hydrogens (tertiary/aromatic N) is 3. The number of amides is 1. The Balaban J connectivity index is 0.00000288. The molecule has 1 aliphatic heterocycles. The van der Waals surface area contributed by atoms with Gasteiger partial charge in [-0.1, -0.05) is 13.8 Å². The zero-order chi connectivity index (χ0) is 16.7. The van der Waals surface area contributed by atoms with Gasteiger partial charge < -0.3 is 20.3 Å². The fraction of sp³-hybridized carbons (Fsp3) is 0.750. The molecule has 9 heteroatoms. The first-order valence-electron chi connectivity index (χ1n) is 8.45. The van der Waals surface area contributed by atoms with Gasteiger partial charge in [0.2, 0.25) is 0 Å². The van der Waals surface area contributed by atoms with Crippen molar-refractivity contribution in [1.29, 1.82) is 0 Å². The number of rotatable bonds is 9.